The molecule has 7 amide bonds. The molecule has 33 heteroatoms. The maximum absolute atomic E-state index is 14.9. The van der Waals surface area contributed by atoms with E-state index >= 15 is 0 Å². The van der Waals surface area contributed by atoms with E-state index in [0.717, 1.165) is 32.1 Å². The number of amides is 7. The summed E-state index contributed by atoms with van der Waals surface area (Å²) in [5, 5.41) is 135. The number of aliphatic hydroxyl groups is 12. The van der Waals surface area contributed by atoms with Crippen molar-refractivity contribution in [2.24, 2.45) is 0 Å². The van der Waals surface area contributed by atoms with E-state index in [-0.39, 0.29) is 78.0 Å². The van der Waals surface area contributed by atoms with Crippen LogP contribution in [0.5, 0.6) is 0 Å². The average molecular weight is 1310 g/mol. The van der Waals surface area contributed by atoms with E-state index in [1.54, 1.807) is 0 Å². The topological polar surface area (TPSA) is 507 Å². The second-order valence-electron chi connectivity index (χ2n) is 23.4. The molecule has 0 aliphatic carbocycles. The lowest BCUT2D eigenvalue weighted by Crippen LogP contribution is -2.59. The Morgan fingerprint density at radius 3 is 1.19 bits per heavy atom. The van der Waals surface area contributed by atoms with Gasteiger partial charge in [-0.2, -0.15) is 0 Å². The number of aliphatic hydroxyl groups excluding tert-OH is 12. The number of imide groups is 1. The Morgan fingerprint density at radius 2 is 0.835 bits per heavy atom. The third kappa shape index (κ3) is 26.5. The Bertz CT molecular complexity index is 2060. The zero-order valence-corrected chi connectivity index (χ0v) is 51.8. The molecule has 4 aliphatic rings. The fourth-order valence-electron chi connectivity index (χ4n) is 10.7. The van der Waals surface area contributed by atoms with Crippen molar-refractivity contribution in [1.29, 1.82) is 0 Å². The summed E-state index contributed by atoms with van der Waals surface area (Å²) >= 11 is 0. The number of rotatable bonds is 44. The smallest absolute Gasteiger partial charge is 0.333 e. The third-order valence-electron chi connectivity index (χ3n) is 16.3. The van der Waals surface area contributed by atoms with Crippen LogP contribution in [0.15, 0.2) is 0 Å². The minimum atomic E-state index is -1.75. The van der Waals surface area contributed by atoms with Gasteiger partial charge in [0.05, 0.1) is 46.1 Å². The fraction of sp³-hybridized carbons (Fsp3) is 0.862. The quantitative estimate of drug-likeness (QED) is 0.0201. The number of carbonyl (C=O) groups excluding carboxylic acids is 8. The van der Waals surface area contributed by atoms with Gasteiger partial charge < -0.3 is 121 Å². The Hall–Kier alpha value is -4.76. The molecule has 33 nitrogen and oxygen atoms in total. The minimum absolute atomic E-state index is 0.0333. The number of nitrogens with zero attached hydrogens (tertiary/aromatic N) is 1. The second-order valence-corrected chi connectivity index (χ2v) is 23.4. The first-order valence-electron chi connectivity index (χ1n) is 31.7. The molecule has 16 atom stereocenters. The molecule has 0 spiro atoms. The maximum atomic E-state index is 14.9. The first-order valence-corrected chi connectivity index (χ1v) is 31.7. The van der Waals surface area contributed by atoms with E-state index in [1.807, 2.05) is 0 Å². The van der Waals surface area contributed by atoms with Crippen LogP contribution in [0, 0.1) is 0 Å². The van der Waals surface area contributed by atoms with Gasteiger partial charge in [-0.1, -0.05) is 77.6 Å². The van der Waals surface area contributed by atoms with Gasteiger partial charge in [-0.3, -0.25) is 33.6 Å². The number of ether oxygens (including phenoxy) is 6. The Morgan fingerprint density at radius 1 is 0.484 bits per heavy atom. The van der Waals surface area contributed by atoms with Crippen molar-refractivity contribution in [3.05, 3.63) is 0 Å². The van der Waals surface area contributed by atoms with Crippen molar-refractivity contribution < 1.29 is 133 Å². The monoisotopic (exact) mass is 1310 g/mol. The second kappa shape index (κ2) is 41.8. The van der Waals surface area contributed by atoms with Crippen LogP contribution in [0.25, 0.3) is 0 Å². The highest BCUT2D eigenvalue weighted by atomic mass is 16.7. The summed E-state index contributed by atoms with van der Waals surface area (Å²) in [6.45, 7) is -1.84. The first-order chi connectivity index (χ1) is 43.5. The minimum Gasteiger partial charge on any atom is -0.394 e. The van der Waals surface area contributed by atoms with Gasteiger partial charge >= 0.3 is 5.97 Å². The third-order valence-corrected chi connectivity index (χ3v) is 16.3. The molecule has 4 fully saturated rings. The SMILES string of the molecule is CCCCCCCCCCCCCCC(=O)N[C@@H](CCC(=O)ON1C(=O)CCC1=O)C(=O)NC(CCC(=O)NCCO[C@H]1O[C@H](CO)[C@@H](O)[C@H](O)[C@@H]1O)(CCC(=O)NCCO[C@H]1O[C@H](CO)[C@@H](O)[C@H](O)[C@@H]1O)CCC(=O)NCCO[C@H]1O[C@H](CO)[C@@H](O)[C@H](O)[C@@H]1O. The Balaban J connectivity index is 1.57. The van der Waals surface area contributed by atoms with Gasteiger partial charge in [0, 0.05) is 63.7 Å². The van der Waals surface area contributed by atoms with E-state index in [1.165, 1.54) is 32.1 Å². The summed E-state index contributed by atoms with van der Waals surface area (Å²) in [5.74, 6) is -6.26. The highest BCUT2D eigenvalue weighted by Gasteiger charge is 2.47. The van der Waals surface area contributed by atoms with Crippen LogP contribution >= 0.6 is 0 Å². The van der Waals surface area contributed by atoms with Crippen LogP contribution in [-0.2, 0) is 71.6 Å². The molecular weight excluding hydrogens is 1210 g/mol. The van der Waals surface area contributed by atoms with E-state index in [0.29, 0.717) is 17.9 Å². The zero-order valence-electron chi connectivity index (χ0n) is 51.8. The summed E-state index contributed by atoms with van der Waals surface area (Å²) < 4.78 is 32.6. The number of carbonyl (C=O) groups is 8. The van der Waals surface area contributed by atoms with Crippen molar-refractivity contribution in [2.45, 2.75) is 258 Å². The number of hydroxylamine groups is 2. The molecular formula is C58H100N6O27. The highest BCUT2D eigenvalue weighted by molar-refractivity contribution is 6.01. The molecule has 0 aromatic carbocycles. The van der Waals surface area contributed by atoms with Gasteiger partial charge in [-0.15, -0.1) is 5.06 Å². The van der Waals surface area contributed by atoms with Gasteiger partial charge in [0.1, 0.15) is 79.3 Å². The molecule has 91 heavy (non-hydrogen) atoms. The molecule has 0 aromatic rings. The van der Waals surface area contributed by atoms with E-state index in [2.05, 4.69) is 33.5 Å². The summed E-state index contributed by atoms with van der Waals surface area (Å²) in [7, 11) is 0. The molecule has 0 bridgehead atoms. The summed E-state index contributed by atoms with van der Waals surface area (Å²) in [6, 6.07) is -1.56. The van der Waals surface area contributed by atoms with Crippen LogP contribution in [-0.4, -0.2) is 277 Å². The average Bonchev–Trinajstić information content (AvgIpc) is 1.90. The van der Waals surface area contributed by atoms with Gasteiger partial charge in [0.25, 0.3) is 11.8 Å². The van der Waals surface area contributed by atoms with Gasteiger partial charge in [0.15, 0.2) is 18.9 Å². The fourth-order valence-corrected chi connectivity index (χ4v) is 10.7. The molecule has 4 rings (SSSR count). The number of hydrogen-bond donors (Lipinski definition) is 17. The van der Waals surface area contributed by atoms with Crippen LogP contribution in [0.4, 0.5) is 0 Å². The van der Waals surface area contributed by atoms with Crippen molar-refractivity contribution in [3.63, 3.8) is 0 Å². The lowest BCUT2D eigenvalue weighted by Gasteiger charge is -2.39. The van der Waals surface area contributed by atoms with Gasteiger partial charge in [-0.25, -0.2) is 4.79 Å². The Kier molecular flexibility index (Phi) is 36.2. The van der Waals surface area contributed by atoms with Gasteiger partial charge in [-0.05, 0) is 32.1 Å². The number of nitrogens with one attached hydrogen (secondary N) is 5. The van der Waals surface area contributed by atoms with Gasteiger partial charge in [0.2, 0.25) is 29.5 Å². The predicted molar refractivity (Wildman–Crippen MR) is 311 cm³/mol. The first kappa shape index (κ1) is 78.7. The van der Waals surface area contributed by atoms with Crippen molar-refractivity contribution in [1.82, 2.24) is 31.6 Å². The maximum Gasteiger partial charge on any atom is 0.333 e. The molecule has 4 aliphatic heterocycles. The summed E-state index contributed by atoms with van der Waals surface area (Å²) in [6.07, 6.45) is -15.6. The summed E-state index contributed by atoms with van der Waals surface area (Å²) in [5.41, 5.74) is -1.75. The molecule has 524 valence electrons. The zero-order chi connectivity index (χ0) is 67.0. The van der Waals surface area contributed by atoms with Crippen molar-refractivity contribution >= 4 is 47.3 Å². The normalized spacial score (nSPS) is 28.1. The van der Waals surface area contributed by atoms with Crippen molar-refractivity contribution in [3.8, 4) is 0 Å². The van der Waals surface area contributed by atoms with Crippen LogP contribution in [0.2, 0.25) is 0 Å². The molecule has 0 unspecified atom stereocenters. The molecule has 4 heterocycles. The van der Waals surface area contributed by atoms with Crippen LogP contribution < -0.4 is 26.6 Å². The van der Waals surface area contributed by atoms with E-state index in [4.69, 9.17) is 33.3 Å². The summed E-state index contributed by atoms with van der Waals surface area (Å²) in [4.78, 5) is 113. The van der Waals surface area contributed by atoms with E-state index < -0.39 is 203 Å². The highest BCUT2D eigenvalue weighted by Crippen LogP contribution is 2.29. The Labute approximate surface area is 528 Å². The van der Waals surface area contributed by atoms with Crippen LogP contribution in [0.1, 0.15) is 155 Å². The largest absolute Gasteiger partial charge is 0.394 e. The van der Waals surface area contributed by atoms with Crippen molar-refractivity contribution in [2.75, 3.05) is 59.3 Å². The lowest BCUT2D eigenvalue weighted by atomic mass is 9.82. The standard InChI is InChI=1S/C58H100N6O27/c1-2-3-4-5-6-7-8-9-10-11-12-13-14-41(71)62-34(15-18-44(74)91-64-42(72)16-17-43(64)73)54(84)63-58(22-19-38(68)59-25-28-85-55-51(81)48(78)45(75)35(31-65)88-55,23-20-39(69)60-26-29-86-56-52(82)49(79)46(76)36(32-66)89-56)24-21-40(70)61-27-30-87-57-53(83)50(80)47(77)37(33-67)90-57/h34-37,45-53,55-57,65-67,75-83H,2-33H2,1H3,(H,59,68)(H,60,69)(H,61,70)(H,62,71)(H,63,84)/t34-,35+,36+,37+,45+,46+,47+,48-,49-,50-,51-,52-,53-,55-,56-,57-/m0/s1. The predicted octanol–water partition coefficient (Wildman–Crippen LogP) is -5.06. The number of unbranched alkanes of at least 4 members (excludes halogenated alkanes) is 11. The van der Waals surface area contributed by atoms with E-state index in [9.17, 15) is 99.6 Å². The molecule has 4 saturated heterocycles. The molecule has 0 radical (unpaired) electrons. The van der Waals surface area contributed by atoms with Crippen LogP contribution in [0.3, 0.4) is 0 Å². The number of hydrogen-bond acceptors (Lipinski definition) is 27. The molecule has 0 aromatic heterocycles. The molecule has 0 saturated carbocycles. The lowest BCUT2D eigenvalue weighted by molar-refractivity contribution is -0.300. The molecule has 17 N–H and O–H groups in total.